The first-order valence-electron chi connectivity index (χ1n) is 8.62. The van der Waals surface area contributed by atoms with Crippen molar-refractivity contribution in [3.05, 3.63) is 43.1 Å². The van der Waals surface area contributed by atoms with E-state index < -0.39 is 0 Å². The molecule has 9 heteroatoms. The molecule has 136 valence electrons. The standard InChI is InChI=1S/C18H17N7O2/c19-17-16-14(22-18(23-17)15-10-27-11-20-15)9-21-25(16)13-3-1-12(2-4-13)24-5-7-26-8-6-24/h1-4,9-11H,5-8H2,(H2,19,22,23). The summed E-state index contributed by atoms with van der Waals surface area (Å²) in [6, 6.07) is 8.19. The van der Waals surface area contributed by atoms with Crippen molar-refractivity contribution in [3.63, 3.8) is 0 Å². The van der Waals surface area contributed by atoms with Crippen molar-refractivity contribution < 1.29 is 9.15 Å². The van der Waals surface area contributed by atoms with E-state index in [4.69, 9.17) is 14.9 Å². The molecular formula is C18H17N7O2. The van der Waals surface area contributed by atoms with Crippen molar-refractivity contribution >= 4 is 22.5 Å². The molecule has 0 unspecified atom stereocenters. The van der Waals surface area contributed by atoms with E-state index in [1.165, 1.54) is 12.7 Å². The van der Waals surface area contributed by atoms with Gasteiger partial charge in [0, 0.05) is 18.8 Å². The lowest BCUT2D eigenvalue weighted by Gasteiger charge is -2.28. The average molecular weight is 363 g/mol. The van der Waals surface area contributed by atoms with Gasteiger partial charge in [-0.2, -0.15) is 5.10 Å². The Balaban J connectivity index is 1.51. The van der Waals surface area contributed by atoms with E-state index in [2.05, 4.69) is 37.1 Å². The highest BCUT2D eigenvalue weighted by atomic mass is 16.5. The van der Waals surface area contributed by atoms with Crippen molar-refractivity contribution in [1.82, 2.24) is 24.7 Å². The van der Waals surface area contributed by atoms with Gasteiger partial charge in [-0.1, -0.05) is 0 Å². The summed E-state index contributed by atoms with van der Waals surface area (Å²) in [7, 11) is 0. The molecule has 27 heavy (non-hydrogen) atoms. The molecule has 1 fully saturated rings. The lowest BCUT2D eigenvalue weighted by Crippen LogP contribution is -2.36. The minimum atomic E-state index is 0.341. The van der Waals surface area contributed by atoms with Gasteiger partial charge in [0.15, 0.2) is 18.0 Å². The molecule has 0 atom stereocenters. The van der Waals surface area contributed by atoms with Crippen LogP contribution in [0.1, 0.15) is 0 Å². The Bertz CT molecular complexity index is 1070. The van der Waals surface area contributed by atoms with Crippen LogP contribution in [0, 0.1) is 0 Å². The number of anilines is 2. The molecule has 1 aromatic carbocycles. The number of aromatic nitrogens is 5. The maximum Gasteiger partial charge on any atom is 0.184 e. The van der Waals surface area contributed by atoms with Crippen LogP contribution in [0.4, 0.5) is 11.5 Å². The van der Waals surface area contributed by atoms with Crippen molar-refractivity contribution in [1.29, 1.82) is 0 Å². The monoisotopic (exact) mass is 363 g/mol. The van der Waals surface area contributed by atoms with Crippen molar-refractivity contribution in [2.75, 3.05) is 36.9 Å². The summed E-state index contributed by atoms with van der Waals surface area (Å²) in [5, 5.41) is 4.45. The lowest BCUT2D eigenvalue weighted by molar-refractivity contribution is 0.122. The molecule has 4 aromatic rings. The van der Waals surface area contributed by atoms with Gasteiger partial charge in [0.1, 0.15) is 23.0 Å². The fourth-order valence-corrected chi connectivity index (χ4v) is 3.23. The Morgan fingerprint density at radius 3 is 2.52 bits per heavy atom. The zero-order valence-electron chi connectivity index (χ0n) is 14.4. The molecule has 1 aliphatic heterocycles. The maximum atomic E-state index is 6.20. The lowest BCUT2D eigenvalue weighted by atomic mass is 10.2. The van der Waals surface area contributed by atoms with E-state index in [-0.39, 0.29) is 0 Å². The Morgan fingerprint density at radius 2 is 1.78 bits per heavy atom. The molecule has 0 spiro atoms. The normalized spacial score (nSPS) is 14.7. The van der Waals surface area contributed by atoms with Gasteiger partial charge in [0.25, 0.3) is 0 Å². The Hall–Kier alpha value is -3.46. The molecule has 0 saturated carbocycles. The Labute approximate surface area is 154 Å². The molecule has 4 heterocycles. The number of rotatable bonds is 3. The molecule has 9 nitrogen and oxygen atoms in total. The van der Waals surface area contributed by atoms with Crippen molar-refractivity contribution in [2.24, 2.45) is 0 Å². The Morgan fingerprint density at radius 1 is 1.00 bits per heavy atom. The quantitative estimate of drug-likeness (QED) is 0.588. The number of morpholine rings is 1. The summed E-state index contributed by atoms with van der Waals surface area (Å²) in [4.78, 5) is 15.2. The van der Waals surface area contributed by atoms with Crippen molar-refractivity contribution in [3.8, 4) is 17.2 Å². The van der Waals surface area contributed by atoms with Gasteiger partial charge >= 0.3 is 0 Å². The second-order valence-electron chi connectivity index (χ2n) is 6.21. The number of hydrogen-bond acceptors (Lipinski definition) is 8. The third-order valence-corrected chi connectivity index (χ3v) is 4.58. The Kier molecular flexibility index (Phi) is 3.72. The molecule has 1 saturated heterocycles. The molecule has 3 aromatic heterocycles. The number of fused-ring (bicyclic) bond motifs is 1. The molecule has 0 amide bonds. The second-order valence-corrected chi connectivity index (χ2v) is 6.21. The highest BCUT2D eigenvalue weighted by Crippen LogP contribution is 2.26. The number of ether oxygens (including phenoxy) is 1. The molecule has 0 radical (unpaired) electrons. The number of nitrogens with two attached hydrogens (primary N) is 1. The number of benzene rings is 1. The van der Waals surface area contributed by atoms with E-state index in [1.54, 1.807) is 10.9 Å². The minimum absolute atomic E-state index is 0.341. The van der Waals surface area contributed by atoms with Gasteiger partial charge in [-0.05, 0) is 24.3 Å². The van der Waals surface area contributed by atoms with E-state index in [0.717, 1.165) is 37.7 Å². The predicted octanol–water partition coefficient (Wildman–Crippen LogP) is 1.89. The van der Waals surface area contributed by atoms with Crippen LogP contribution in [0.3, 0.4) is 0 Å². The third-order valence-electron chi connectivity index (χ3n) is 4.58. The third kappa shape index (κ3) is 2.77. The van der Waals surface area contributed by atoms with Gasteiger partial charge in [-0.25, -0.2) is 19.6 Å². The SMILES string of the molecule is Nc1nc(-c2cocn2)nc2cnn(-c3ccc(N4CCOCC4)cc3)c12. The first kappa shape index (κ1) is 15.8. The molecule has 5 rings (SSSR count). The zero-order chi connectivity index (χ0) is 18.2. The maximum absolute atomic E-state index is 6.20. The topological polar surface area (TPSA) is 108 Å². The van der Waals surface area contributed by atoms with E-state index >= 15 is 0 Å². The summed E-state index contributed by atoms with van der Waals surface area (Å²) in [5.41, 5.74) is 10.1. The van der Waals surface area contributed by atoms with Gasteiger partial charge < -0.3 is 19.8 Å². The van der Waals surface area contributed by atoms with Crippen LogP contribution < -0.4 is 10.6 Å². The van der Waals surface area contributed by atoms with Gasteiger partial charge in [-0.15, -0.1) is 0 Å². The molecule has 2 N–H and O–H groups in total. The van der Waals surface area contributed by atoms with Crippen LogP contribution in [0.15, 0.2) is 47.5 Å². The number of nitrogens with zero attached hydrogens (tertiary/aromatic N) is 6. The summed E-state index contributed by atoms with van der Waals surface area (Å²) < 4.78 is 12.2. The highest BCUT2D eigenvalue weighted by Gasteiger charge is 2.16. The van der Waals surface area contributed by atoms with Crippen molar-refractivity contribution in [2.45, 2.75) is 0 Å². The second kappa shape index (κ2) is 6.36. The summed E-state index contributed by atoms with van der Waals surface area (Å²) in [5.74, 6) is 0.753. The first-order valence-corrected chi connectivity index (χ1v) is 8.62. The molecule has 1 aliphatic rings. The molecule has 0 aliphatic carbocycles. The summed E-state index contributed by atoms with van der Waals surface area (Å²) in [6.45, 7) is 3.31. The smallest absolute Gasteiger partial charge is 0.184 e. The average Bonchev–Trinajstić information content (AvgIpc) is 3.39. The minimum Gasteiger partial charge on any atom is -0.451 e. The largest absolute Gasteiger partial charge is 0.451 e. The van der Waals surface area contributed by atoms with Gasteiger partial charge in [0.05, 0.1) is 25.1 Å². The van der Waals surface area contributed by atoms with Crippen LogP contribution >= 0.6 is 0 Å². The number of hydrogen-bond donors (Lipinski definition) is 1. The van der Waals surface area contributed by atoms with E-state index in [0.29, 0.717) is 28.4 Å². The summed E-state index contributed by atoms with van der Waals surface area (Å²) >= 11 is 0. The van der Waals surface area contributed by atoms with Crippen LogP contribution in [0.25, 0.3) is 28.2 Å². The van der Waals surface area contributed by atoms with Crippen LogP contribution in [-0.4, -0.2) is 51.0 Å². The van der Waals surface area contributed by atoms with E-state index in [1.807, 2.05) is 12.1 Å². The zero-order valence-corrected chi connectivity index (χ0v) is 14.4. The van der Waals surface area contributed by atoms with Crippen LogP contribution in [0.5, 0.6) is 0 Å². The number of nitrogen functional groups attached to an aromatic ring is 1. The highest BCUT2D eigenvalue weighted by molar-refractivity contribution is 5.87. The van der Waals surface area contributed by atoms with Crippen LogP contribution in [0.2, 0.25) is 0 Å². The van der Waals surface area contributed by atoms with Gasteiger partial charge in [0.2, 0.25) is 0 Å². The molecular weight excluding hydrogens is 346 g/mol. The predicted molar refractivity (Wildman–Crippen MR) is 99.6 cm³/mol. The van der Waals surface area contributed by atoms with Gasteiger partial charge in [-0.3, -0.25) is 0 Å². The fourth-order valence-electron chi connectivity index (χ4n) is 3.23. The first-order chi connectivity index (χ1) is 13.3. The number of oxazole rings is 1. The van der Waals surface area contributed by atoms with E-state index in [9.17, 15) is 0 Å². The molecule has 0 bridgehead atoms. The fraction of sp³-hybridized carbons (Fsp3) is 0.222. The van der Waals surface area contributed by atoms with Crippen LogP contribution in [-0.2, 0) is 4.74 Å². The summed E-state index contributed by atoms with van der Waals surface area (Å²) in [6.07, 6.45) is 4.49.